The summed E-state index contributed by atoms with van der Waals surface area (Å²) in [7, 11) is 0. The third-order valence-electron chi connectivity index (χ3n) is 6.72. The molecule has 1 aliphatic rings. The number of hydrogen-bond acceptors (Lipinski definition) is 6. The summed E-state index contributed by atoms with van der Waals surface area (Å²) in [6, 6.07) is 15.8. The van der Waals surface area contributed by atoms with Crippen molar-refractivity contribution in [3.05, 3.63) is 86.9 Å². The van der Waals surface area contributed by atoms with Crippen LogP contribution in [0.3, 0.4) is 0 Å². The molecule has 190 valence electrons. The molecule has 1 aliphatic heterocycles. The van der Waals surface area contributed by atoms with Crippen molar-refractivity contribution in [2.45, 2.75) is 58.0 Å². The second kappa shape index (κ2) is 11.5. The van der Waals surface area contributed by atoms with Crippen LogP contribution in [0.25, 0.3) is 10.8 Å². The highest BCUT2D eigenvalue weighted by atomic mass is 35.5. The van der Waals surface area contributed by atoms with Crippen molar-refractivity contribution in [3.8, 4) is 0 Å². The molecule has 0 saturated carbocycles. The molecule has 5 rings (SSSR count). The number of fused-ring (bicyclic) bond motifs is 1. The van der Waals surface area contributed by atoms with E-state index in [2.05, 4.69) is 28.9 Å². The molecule has 0 bridgehead atoms. The lowest BCUT2D eigenvalue weighted by atomic mass is 10.0. The van der Waals surface area contributed by atoms with Gasteiger partial charge in [-0.15, -0.1) is 12.4 Å². The molecular formula is C27H31Cl2N5O2. The van der Waals surface area contributed by atoms with Gasteiger partial charge in [-0.3, -0.25) is 9.69 Å². The molecule has 7 nitrogen and oxygen atoms in total. The second-order valence-corrected chi connectivity index (χ2v) is 10.0. The number of hydrogen-bond donors (Lipinski definition) is 0. The van der Waals surface area contributed by atoms with E-state index < -0.39 is 0 Å². The highest BCUT2D eigenvalue weighted by molar-refractivity contribution is 6.30. The number of aromatic nitrogens is 4. The van der Waals surface area contributed by atoms with Gasteiger partial charge < -0.3 is 4.52 Å². The van der Waals surface area contributed by atoms with E-state index in [0.717, 1.165) is 48.4 Å². The van der Waals surface area contributed by atoms with Gasteiger partial charge >= 0.3 is 0 Å². The van der Waals surface area contributed by atoms with E-state index in [1.165, 1.54) is 0 Å². The maximum Gasteiger partial charge on any atom is 0.274 e. The molecule has 1 atom stereocenters. The van der Waals surface area contributed by atoms with Gasteiger partial charge in [0.1, 0.15) is 0 Å². The Morgan fingerprint density at radius 2 is 1.86 bits per heavy atom. The minimum absolute atomic E-state index is 0. The van der Waals surface area contributed by atoms with Crippen LogP contribution in [-0.2, 0) is 19.4 Å². The number of likely N-dealkylation sites (tertiary alicyclic amines) is 1. The molecular weight excluding hydrogens is 497 g/mol. The molecule has 0 radical (unpaired) electrons. The highest BCUT2D eigenvalue weighted by Gasteiger charge is 2.26. The van der Waals surface area contributed by atoms with Gasteiger partial charge in [-0.1, -0.05) is 60.9 Å². The van der Waals surface area contributed by atoms with Gasteiger partial charge in [0.2, 0.25) is 5.89 Å². The largest absolute Gasteiger partial charge is 0.339 e. The Labute approximate surface area is 221 Å². The summed E-state index contributed by atoms with van der Waals surface area (Å²) in [5.74, 6) is 1.67. The Hall–Kier alpha value is -2.74. The lowest BCUT2D eigenvalue weighted by molar-refractivity contribution is 0.219. The van der Waals surface area contributed by atoms with Crippen LogP contribution in [0, 0.1) is 0 Å². The van der Waals surface area contributed by atoms with Crippen LogP contribution in [0.4, 0.5) is 0 Å². The number of benzene rings is 2. The first kappa shape index (κ1) is 26.3. The lowest BCUT2D eigenvalue weighted by Crippen LogP contribution is -2.38. The van der Waals surface area contributed by atoms with Crippen LogP contribution in [0.15, 0.2) is 57.8 Å². The zero-order valence-corrected chi connectivity index (χ0v) is 22.1. The Bertz CT molecular complexity index is 1370. The predicted octanol–water partition coefficient (Wildman–Crippen LogP) is 5.28. The van der Waals surface area contributed by atoms with Gasteiger partial charge in [0.25, 0.3) is 5.56 Å². The Morgan fingerprint density at radius 3 is 2.58 bits per heavy atom. The van der Waals surface area contributed by atoms with Gasteiger partial charge in [-0.25, -0.2) is 4.68 Å². The first-order valence-electron chi connectivity index (χ1n) is 12.3. The van der Waals surface area contributed by atoms with Gasteiger partial charge in [0, 0.05) is 41.8 Å². The van der Waals surface area contributed by atoms with E-state index in [9.17, 15) is 4.79 Å². The fourth-order valence-electron chi connectivity index (χ4n) is 4.79. The smallest absolute Gasteiger partial charge is 0.274 e. The van der Waals surface area contributed by atoms with Gasteiger partial charge in [-0.2, -0.15) is 10.1 Å². The maximum absolute atomic E-state index is 13.3. The van der Waals surface area contributed by atoms with Gasteiger partial charge in [-0.05, 0) is 43.1 Å². The summed E-state index contributed by atoms with van der Waals surface area (Å²) < 4.78 is 7.09. The molecule has 2 aromatic heterocycles. The minimum atomic E-state index is -0.0363. The van der Waals surface area contributed by atoms with Crippen molar-refractivity contribution in [1.82, 2.24) is 24.8 Å². The number of nitrogens with zero attached hydrogens (tertiary/aromatic N) is 5. The normalized spacial score (nSPS) is 16.1. The predicted molar refractivity (Wildman–Crippen MR) is 144 cm³/mol. The average Bonchev–Trinajstić information content (AvgIpc) is 3.52. The quantitative estimate of drug-likeness (QED) is 0.310. The fourth-order valence-corrected chi connectivity index (χ4v) is 4.92. The molecule has 1 unspecified atom stereocenters. The zero-order valence-electron chi connectivity index (χ0n) is 20.6. The molecule has 0 aliphatic carbocycles. The Balaban J connectivity index is 0.00000304. The molecule has 0 amide bonds. The molecule has 2 aromatic carbocycles. The number of rotatable bonds is 8. The topological polar surface area (TPSA) is 77.0 Å². The maximum atomic E-state index is 13.3. The first-order valence-corrected chi connectivity index (χ1v) is 12.7. The van der Waals surface area contributed by atoms with Crippen molar-refractivity contribution in [2.24, 2.45) is 0 Å². The van der Waals surface area contributed by atoms with Crippen molar-refractivity contribution in [2.75, 3.05) is 13.1 Å². The van der Waals surface area contributed by atoms with E-state index in [1.54, 1.807) is 4.68 Å². The van der Waals surface area contributed by atoms with Crippen LogP contribution in [-0.4, -0.2) is 44.0 Å². The first-order chi connectivity index (χ1) is 17.0. The molecule has 1 fully saturated rings. The van der Waals surface area contributed by atoms with E-state index >= 15 is 0 Å². The van der Waals surface area contributed by atoms with E-state index in [-0.39, 0.29) is 29.9 Å². The van der Waals surface area contributed by atoms with Crippen molar-refractivity contribution < 1.29 is 4.52 Å². The second-order valence-electron chi connectivity index (χ2n) is 9.57. The third-order valence-corrected chi connectivity index (χ3v) is 6.98. The molecule has 36 heavy (non-hydrogen) atoms. The van der Waals surface area contributed by atoms with Gasteiger partial charge in [0.05, 0.1) is 17.6 Å². The third kappa shape index (κ3) is 5.80. The summed E-state index contributed by atoms with van der Waals surface area (Å²) in [5.41, 5.74) is 1.98. The molecule has 4 aromatic rings. The van der Waals surface area contributed by atoms with Crippen LogP contribution in [0.5, 0.6) is 0 Å². The van der Waals surface area contributed by atoms with Crippen LogP contribution >= 0.6 is 24.0 Å². The standard InChI is InChI=1S/C27H30ClN5O2.ClH/c1-18(2)26-29-25(35-31-26)13-15-32-14-5-6-21(32)17-33-27(34)23-8-4-3-7-22(23)24(30-33)16-19-9-11-20(28)12-10-19;/h3-4,7-12,18,21H,5-6,13-17H2,1-2H3;1H. The SMILES string of the molecule is CC(C)c1noc(CCN2CCCC2Cn2nc(Cc3ccc(Cl)cc3)c3ccccc3c2=O)n1.Cl. The summed E-state index contributed by atoms with van der Waals surface area (Å²) in [5, 5.41) is 11.3. The van der Waals surface area contributed by atoms with Crippen LogP contribution in [0.1, 0.15) is 55.6 Å². The Morgan fingerprint density at radius 1 is 1.11 bits per heavy atom. The van der Waals surface area contributed by atoms with Crippen molar-refractivity contribution in [1.29, 1.82) is 0 Å². The number of halogens is 2. The van der Waals surface area contributed by atoms with E-state index in [4.69, 9.17) is 21.2 Å². The molecule has 9 heteroatoms. The highest BCUT2D eigenvalue weighted by Crippen LogP contribution is 2.22. The fraction of sp³-hybridized carbons (Fsp3) is 0.407. The van der Waals surface area contributed by atoms with Crippen LogP contribution < -0.4 is 5.56 Å². The average molecular weight is 528 g/mol. The summed E-state index contributed by atoms with van der Waals surface area (Å²) in [4.78, 5) is 20.3. The molecule has 3 heterocycles. The lowest BCUT2D eigenvalue weighted by Gasteiger charge is -2.24. The van der Waals surface area contributed by atoms with Crippen molar-refractivity contribution in [3.63, 3.8) is 0 Å². The molecule has 0 N–H and O–H groups in total. The molecule has 0 spiro atoms. The van der Waals surface area contributed by atoms with E-state index in [1.807, 2.05) is 48.5 Å². The monoisotopic (exact) mass is 527 g/mol. The summed E-state index contributed by atoms with van der Waals surface area (Å²) >= 11 is 6.07. The summed E-state index contributed by atoms with van der Waals surface area (Å²) in [6.07, 6.45) is 3.49. The minimum Gasteiger partial charge on any atom is -0.339 e. The van der Waals surface area contributed by atoms with E-state index in [0.29, 0.717) is 35.7 Å². The molecule has 1 saturated heterocycles. The van der Waals surface area contributed by atoms with Crippen LogP contribution in [0.2, 0.25) is 5.02 Å². The summed E-state index contributed by atoms with van der Waals surface area (Å²) in [6.45, 7) is 6.50. The van der Waals surface area contributed by atoms with Gasteiger partial charge in [0.15, 0.2) is 5.82 Å². The van der Waals surface area contributed by atoms with Crippen molar-refractivity contribution >= 4 is 34.8 Å². The zero-order chi connectivity index (χ0) is 24.4. The Kier molecular flexibility index (Phi) is 8.44.